The standard InChI is InChI=1S/C16H24N6O/c1-12(2)14(17)7-9-21(3)16(23)15-11-22(20-19-15)10-13-6-4-5-8-18-13/h4-6,8,11-12,14H,7,9-10,17H2,1-3H3. The molecule has 7 heteroatoms. The molecule has 0 radical (unpaired) electrons. The van der Waals surface area contributed by atoms with Crippen LogP contribution in [0.1, 0.15) is 36.5 Å². The average Bonchev–Trinajstić information content (AvgIpc) is 3.00. The summed E-state index contributed by atoms with van der Waals surface area (Å²) in [4.78, 5) is 18.2. The van der Waals surface area contributed by atoms with E-state index in [4.69, 9.17) is 5.73 Å². The molecule has 23 heavy (non-hydrogen) atoms. The molecule has 0 spiro atoms. The molecule has 0 aromatic carbocycles. The fraction of sp³-hybridized carbons (Fsp3) is 0.500. The fourth-order valence-corrected chi connectivity index (χ4v) is 2.10. The van der Waals surface area contributed by atoms with E-state index in [0.29, 0.717) is 24.7 Å². The third-order valence-corrected chi connectivity index (χ3v) is 3.81. The van der Waals surface area contributed by atoms with E-state index in [9.17, 15) is 4.79 Å². The minimum Gasteiger partial charge on any atom is -0.340 e. The summed E-state index contributed by atoms with van der Waals surface area (Å²) in [7, 11) is 1.76. The van der Waals surface area contributed by atoms with Crippen molar-refractivity contribution in [2.75, 3.05) is 13.6 Å². The van der Waals surface area contributed by atoms with Crippen molar-refractivity contribution >= 4 is 5.91 Å². The van der Waals surface area contributed by atoms with E-state index < -0.39 is 0 Å². The SMILES string of the molecule is CC(C)C(N)CCN(C)C(=O)c1cn(Cc2ccccn2)nn1. The highest BCUT2D eigenvalue weighted by Crippen LogP contribution is 2.06. The summed E-state index contributed by atoms with van der Waals surface area (Å²) in [5.74, 6) is 0.256. The molecular weight excluding hydrogens is 292 g/mol. The van der Waals surface area contributed by atoms with Gasteiger partial charge in [-0.05, 0) is 24.5 Å². The molecule has 1 atom stereocenters. The van der Waals surface area contributed by atoms with Crippen molar-refractivity contribution in [1.29, 1.82) is 0 Å². The van der Waals surface area contributed by atoms with Crippen LogP contribution in [0.15, 0.2) is 30.6 Å². The lowest BCUT2D eigenvalue weighted by Crippen LogP contribution is -2.34. The van der Waals surface area contributed by atoms with E-state index in [1.807, 2.05) is 18.2 Å². The van der Waals surface area contributed by atoms with Crippen molar-refractivity contribution in [1.82, 2.24) is 24.9 Å². The van der Waals surface area contributed by atoms with Crippen molar-refractivity contribution in [3.63, 3.8) is 0 Å². The number of aromatic nitrogens is 4. The van der Waals surface area contributed by atoms with Crippen molar-refractivity contribution in [2.24, 2.45) is 11.7 Å². The maximum absolute atomic E-state index is 12.3. The Morgan fingerprint density at radius 2 is 2.17 bits per heavy atom. The summed E-state index contributed by atoms with van der Waals surface area (Å²) in [6.45, 7) is 5.25. The van der Waals surface area contributed by atoms with Gasteiger partial charge < -0.3 is 10.6 Å². The number of carbonyl (C=O) groups excluding carboxylic acids is 1. The predicted octanol–water partition coefficient (Wildman–Crippen LogP) is 1.17. The minimum absolute atomic E-state index is 0.0880. The van der Waals surface area contributed by atoms with Crippen molar-refractivity contribution in [2.45, 2.75) is 32.9 Å². The van der Waals surface area contributed by atoms with Crippen LogP contribution in [0.5, 0.6) is 0 Å². The fourth-order valence-electron chi connectivity index (χ4n) is 2.10. The predicted molar refractivity (Wildman–Crippen MR) is 87.8 cm³/mol. The molecule has 2 rings (SSSR count). The number of nitrogens with two attached hydrogens (primary N) is 1. The van der Waals surface area contributed by atoms with Gasteiger partial charge in [0.1, 0.15) is 0 Å². The van der Waals surface area contributed by atoms with Gasteiger partial charge in [-0.1, -0.05) is 25.1 Å². The number of hydrogen-bond donors (Lipinski definition) is 1. The van der Waals surface area contributed by atoms with Crippen LogP contribution in [0, 0.1) is 5.92 Å². The van der Waals surface area contributed by atoms with Gasteiger partial charge in [0.2, 0.25) is 0 Å². The second-order valence-electron chi connectivity index (χ2n) is 6.05. The van der Waals surface area contributed by atoms with E-state index in [-0.39, 0.29) is 11.9 Å². The number of hydrogen-bond acceptors (Lipinski definition) is 5. The Bertz CT molecular complexity index is 625. The zero-order valence-corrected chi connectivity index (χ0v) is 13.9. The van der Waals surface area contributed by atoms with Crippen molar-refractivity contribution in [3.05, 3.63) is 42.0 Å². The lowest BCUT2D eigenvalue weighted by atomic mass is 10.0. The average molecular weight is 316 g/mol. The van der Waals surface area contributed by atoms with Crippen LogP contribution >= 0.6 is 0 Å². The van der Waals surface area contributed by atoms with Gasteiger partial charge in [0.05, 0.1) is 18.4 Å². The number of rotatable bonds is 7. The second-order valence-corrected chi connectivity index (χ2v) is 6.05. The molecular formula is C16H24N6O. The van der Waals surface area contributed by atoms with Gasteiger partial charge >= 0.3 is 0 Å². The first-order valence-corrected chi connectivity index (χ1v) is 7.78. The van der Waals surface area contributed by atoms with Gasteiger partial charge in [-0.15, -0.1) is 5.10 Å². The van der Waals surface area contributed by atoms with E-state index in [1.165, 1.54) is 0 Å². The highest BCUT2D eigenvalue weighted by molar-refractivity contribution is 5.91. The largest absolute Gasteiger partial charge is 0.340 e. The Hall–Kier alpha value is -2.28. The number of carbonyl (C=O) groups is 1. The smallest absolute Gasteiger partial charge is 0.275 e. The molecule has 0 fully saturated rings. The molecule has 2 aromatic rings. The van der Waals surface area contributed by atoms with Crippen molar-refractivity contribution in [3.8, 4) is 0 Å². The molecule has 124 valence electrons. The molecule has 0 aliphatic rings. The highest BCUT2D eigenvalue weighted by Gasteiger charge is 2.17. The first-order chi connectivity index (χ1) is 11.0. The Balaban J connectivity index is 1.92. The van der Waals surface area contributed by atoms with Gasteiger partial charge in [0.15, 0.2) is 5.69 Å². The number of amides is 1. The normalized spacial score (nSPS) is 12.4. The quantitative estimate of drug-likeness (QED) is 0.828. The van der Waals surface area contributed by atoms with Gasteiger partial charge in [0, 0.05) is 25.8 Å². The molecule has 0 saturated heterocycles. The van der Waals surface area contributed by atoms with E-state index in [1.54, 1.807) is 29.0 Å². The summed E-state index contributed by atoms with van der Waals surface area (Å²) < 4.78 is 1.61. The summed E-state index contributed by atoms with van der Waals surface area (Å²) in [6.07, 6.45) is 4.14. The lowest BCUT2D eigenvalue weighted by molar-refractivity contribution is 0.0783. The van der Waals surface area contributed by atoms with E-state index in [0.717, 1.165) is 12.1 Å². The summed E-state index contributed by atoms with van der Waals surface area (Å²) >= 11 is 0. The molecule has 1 unspecified atom stereocenters. The zero-order chi connectivity index (χ0) is 16.8. The Labute approximate surface area is 136 Å². The first-order valence-electron chi connectivity index (χ1n) is 7.78. The molecule has 2 heterocycles. The molecule has 1 amide bonds. The van der Waals surface area contributed by atoms with Crippen molar-refractivity contribution < 1.29 is 4.79 Å². The summed E-state index contributed by atoms with van der Waals surface area (Å²) in [6, 6.07) is 5.76. The first kappa shape index (κ1) is 17.1. The second kappa shape index (κ2) is 7.82. The number of nitrogens with zero attached hydrogens (tertiary/aromatic N) is 5. The van der Waals surface area contributed by atoms with Gasteiger partial charge in [-0.3, -0.25) is 9.78 Å². The Morgan fingerprint density at radius 3 is 2.83 bits per heavy atom. The van der Waals surface area contributed by atoms with Gasteiger partial charge in [-0.25, -0.2) is 4.68 Å². The zero-order valence-electron chi connectivity index (χ0n) is 13.9. The Morgan fingerprint density at radius 1 is 1.39 bits per heavy atom. The topological polar surface area (TPSA) is 89.9 Å². The molecule has 0 saturated carbocycles. The highest BCUT2D eigenvalue weighted by atomic mass is 16.2. The van der Waals surface area contributed by atoms with Crippen LogP contribution in [0.25, 0.3) is 0 Å². The minimum atomic E-state index is -0.145. The van der Waals surface area contributed by atoms with Crippen LogP contribution < -0.4 is 5.73 Å². The summed E-state index contributed by atoms with van der Waals surface area (Å²) in [5.41, 5.74) is 7.22. The molecule has 2 N–H and O–H groups in total. The van der Waals surface area contributed by atoms with E-state index in [2.05, 4.69) is 29.1 Å². The molecule has 0 aliphatic carbocycles. The third-order valence-electron chi connectivity index (χ3n) is 3.81. The Kier molecular flexibility index (Phi) is 5.81. The molecule has 0 bridgehead atoms. The summed E-state index contributed by atoms with van der Waals surface area (Å²) in [5, 5.41) is 7.95. The third kappa shape index (κ3) is 4.85. The lowest BCUT2D eigenvalue weighted by Gasteiger charge is -2.20. The molecule has 0 aliphatic heterocycles. The monoisotopic (exact) mass is 316 g/mol. The van der Waals surface area contributed by atoms with Crippen LogP contribution in [0.3, 0.4) is 0 Å². The van der Waals surface area contributed by atoms with Gasteiger partial charge in [0.25, 0.3) is 5.91 Å². The maximum Gasteiger partial charge on any atom is 0.275 e. The van der Waals surface area contributed by atoms with Crippen LogP contribution in [0.2, 0.25) is 0 Å². The van der Waals surface area contributed by atoms with Gasteiger partial charge in [-0.2, -0.15) is 0 Å². The molecule has 2 aromatic heterocycles. The molecule has 7 nitrogen and oxygen atoms in total. The van der Waals surface area contributed by atoms with E-state index >= 15 is 0 Å². The maximum atomic E-state index is 12.3. The number of pyridine rings is 1. The van der Waals surface area contributed by atoms with Crippen LogP contribution in [-0.4, -0.2) is 50.4 Å². The van der Waals surface area contributed by atoms with Crippen LogP contribution in [0.4, 0.5) is 0 Å². The van der Waals surface area contributed by atoms with Crippen LogP contribution in [-0.2, 0) is 6.54 Å².